The Labute approximate surface area is 80.9 Å². The monoisotopic (exact) mass is 248 g/mol. The number of hydrogen-bond acceptors (Lipinski definition) is 4. The van der Waals surface area contributed by atoms with E-state index in [2.05, 4.69) is 31.4 Å². The predicted molar refractivity (Wildman–Crippen MR) is 48.4 cm³/mol. The lowest BCUT2D eigenvalue weighted by atomic mass is 10.6. The van der Waals surface area contributed by atoms with Crippen molar-refractivity contribution in [3.8, 4) is 0 Å². The van der Waals surface area contributed by atoms with Crippen LogP contribution in [0.1, 0.15) is 0 Å². The molecule has 12 heavy (non-hydrogen) atoms. The van der Waals surface area contributed by atoms with Gasteiger partial charge in [-0.3, -0.25) is 4.90 Å². The second-order valence-electron chi connectivity index (χ2n) is 2.22. The largest absolute Gasteiger partial charge is 0.336 e. The van der Waals surface area contributed by atoms with Crippen LogP contribution >= 0.6 is 27.3 Å². The third-order valence-corrected chi connectivity index (χ3v) is 2.86. The number of halogens is 1. The van der Waals surface area contributed by atoms with Crippen LogP contribution in [0.15, 0.2) is 3.92 Å². The van der Waals surface area contributed by atoms with Crippen LogP contribution in [0, 0.1) is 0 Å². The highest BCUT2D eigenvalue weighted by Gasteiger charge is 2.23. The van der Waals surface area contributed by atoms with Gasteiger partial charge in [-0.25, -0.2) is 4.79 Å². The molecule has 7 heteroatoms. The third kappa shape index (κ3) is 1.29. The number of urea groups is 1. The van der Waals surface area contributed by atoms with Crippen LogP contribution in [0.5, 0.6) is 0 Å². The fourth-order valence-electron chi connectivity index (χ4n) is 0.961. The number of carbonyl (C=O) groups is 1. The highest BCUT2D eigenvalue weighted by molar-refractivity contribution is 9.11. The Morgan fingerprint density at radius 3 is 2.92 bits per heavy atom. The van der Waals surface area contributed by atoms with Crippen molar-refractivity contribution in [1.82, 2.24) is 15.5 Å². The van der Waals surface area contributed by atoms with Gasteiger partial charge in [0.25, 0.3) is 0 Å². The van der Waals surface area contributed by atoms with Crippen molar-refractivity contribution in [3.63, 3.8) is 0 Å². The average molecular weight is 249 g/mol. The minimum Gasteiger partial charge on any atom is -0.336 e. The molecule has 1 N–H and O–H groups in total. The second-order valence-corrected chi connectivity index (χ2v) is 4.45. The minimum atomic E-state index is -0.0985. The number of anilines is 1. The molecule has 2 amide bonds. The Kier molecular flexibility index (Phi) is 1.97. The fraction of sp³-hybridized carbons (Fsp3) is 0.400. The van der Waals surface area contributed by atoms with Crippen molar-refractivity contribution in [3.05, 3.63) is 3.92 Å². The van der Waals surface area contributed by atoms with E-state index in [0.717, 1.165) is 0 Å². The maximum Gasteiger partial charge on any atom is 0.323 e. The van der Waals surface area contributed by atoms with E-state index < -0.39 is 0 Å². The maximum atomic E-state index is 11.1. The first-order chi connectivity index (χ1) is 5.77. The summed E-state index contributed by atoms with van der Waals surface area (Å²) in [6.07, 6.45) is 0. The van der Waals surface area contributed by atoms with Gasteiger partial charge in [0.2, 0.25) is 5.13 Å². The molecule has 0 aliphatic carbocycles. The SMILES string of the molecule is O=C1NCCN1c1nnc(Br)s1. The molecule has 1 saturated heterocycles. The van der Waals surface area contributed by atoms with Gasteiger partial charge in [-0.2, -0.15) is 0 Å². The number of amides is 2. The van der Waals surface area contributed by atoms with E-state index in [1.165, 1.54) is 11.3 Å². The molecule has 0 saturated carbocycles. The number of nitrogens with one attached hydrogen (secondary N) is 1. The number of hydrogen-bond donors (Lipinski definition) is 1. The third-order valence-electron chi connectivity index (χ3n) is 1.48. The van der Waals surface area contributed by atoms with Gasteiger partial charge in [0, 0.05) is 13.1 Å². The van der Waals surface area contributed by atoms with Crippen LogP contribution in [-0.2, 0) is 0 Å². The smallest absolute Gasteiger partial charge is 0.323 e. The number of rotatable bonds is 1. The Balaban J connectivity index is 2.24. The average Bonchev–Trinajstić information content (AvgIpc) is 2.58. The summed E-state index contributed by atoms with van der Waals surface area (Å²) < 4.78 is 0.692. The standard InChI is InChI=1S/C5H5BrN4OS/c6-3-8-9-5(12-3)10-2-1-7-4(10)11/h1-2H2,(H,7,11). The summed E-state index contributed by atoms with van der Waals surface area (Å²) >= 11 is 4.53. The number of nitrogens with zero attached hydrogens (tertiary/aromatic N) is 3. The molecular formula is C5H5BrN4OS. The quantitative estimate of drug-likeness (QED) is 0.801. The molecule has 0 unspecified atom stereocenters. The van der Waals surface area contributed by atoms with Gasteiger partial charge in [-0.1, -0.05) is 11.3 Å². The molecule has 1 aromatic heterocycles. The van der Waals surface area contributed by atoms with Crippen molar-refractivity contribution in [2.75, 3.05) is 18.0 Å². The lowest BCUT2D eigenvalue weighted by Crippen LogP contribution is -2.27. The van der Waals surface area contributed by atoms with E-state index in [-0.39, 0.29) is 6.03 Å². The van der Waals surface area contributed by atoms with Crippen molar-refractivity contribution < 1.29 is 4.79 Å². The lowest BCUT2D eigenvalue weighted by Gasteiger charge is -2.06. The maximum absolute atomic E-state index is 11.1. The predicted octanol–water partition coefficient (Wildman–Crippen LogP) is 0.830. The fourth-order valence-corrected chi connectivity index (χ4v) is 2.07. The normalized spacial score (nSPS) is 16.8. The first-order valence-corrected chi connectivity index (χ1v) is 4.93. The molecule has 0 spiro atoms. The summed E-state index contributed by atoms with van der Waals surface area (Å²) in [7, 11) is 0. The number of carbonyl (C=O) groups excluding carboxylic acids is 1. The zero-order valence-electron chi connectivity index (χ0n) is 5.95. The molecule has 5 nitrogen and oxygen atoms in total. The summed E-state index contributed by atoms with van der Waals surface area (Å²) in [5.74, 6) is 0. The summed E-state index contributed by atoms with van der Waals surface area (Å²) in [6.45, 7) is 1.34. The van der Waals surface area contributed by atoms with Gasteiger partial charge in [-0.15, -0.1) is 10.2 Å². The highest BCUT2D eigenvalue weighted by Crippen LogP contribution is 2.24. The van der Waals surface area contributed by atoms with Crippen LogP contribution in [0.2, 0.25) is 0 Å². The van der Waals surface area contributed by atoms with Gasteiger partial charge in [0.15, 0.2) is 3.92 Å². The molecule has 0 atom stereocenters. The molecule has 0 aromatic carbocycles. The second kappa shape index (κ2) is 2.98. The first kappa shape index (κ1) is 7.93. The van der Waals surface area contributed by atoms with Crippen molar-refractivity contribution >= 4 is 38.4 Å². The van der Waals surface area contributed by atoms with Gasteiger partial charge in [0.05, 0.1) is 0 Å². The molecule has 0 bridgehead atoms. The van der Waals surface area contributed by atoms with Crippen LogP contribution in [0.3, 0.4) is 0 Å². The van der Waals surface area contributed by atoms with Gasteiger partial charge in [-0.05, 0) is 15.9 Å². The molecule has 1 aromatic rings. The number of aromatic nitrogens is 2. The van der Waals surface area contributed by atoms with Crippen LogP contribution in [0.4, 0.5) is 9.93 Å². The Bertz CT molecular complexity index is 314. The van der Waals surface area contributed by atoms with Crippen molar-refractivity contribution in [2.45, 2.75) is 0 Å². The molecule has 2 rings (SSSR count). The lowest BCUT2D eigenvalue weighted by molar-refractivity contribution is 0.252. The molecule has 64 valence electrons. The Morgan fingerprint density at radius 1 is 1.58 bits per heavy atom. The first-order valence-electron chi connectivity index (χ1n) is 3.32. The molecule has 1 aliphatic heterocycles. The Hall–Kier alpha value is -0.690. The summed E-state index contributed by atoms with van der Waals surface area (Å²) in [4.78, 5) is 12.7. The molecule has 1 fully saturated rings. The minimum absolute atomic E-state index is 0.0985. The summed E-state index contributed by atoms with van der Waals surface area (Å²) in [6, 6.07) is -0.0985. The topological polar surface area (TPSA) is 58.1 Å². The van der Waals surface area contributed by atoms with Crippen LogP contribution < -0.4 is 10.2 Å². The van der Waals surface area contributed by atoms with Crippen molar-refractivity contribution in [1.29, 1.82) is 0 Å². The zero-order chi connectivity index (χ0) is 8.55. The van der Waals surface area contributed by atoms with Crippen LogP contribution in [-0.4, -0.2) is 29.3 Å². The van der Waals surface area contributed by atoms with E-state index in [0.29, 0.717) is 22.1 Å². The van der Waals surface area contributed by atoms with Gasteiger partial charge < -0.3 is 5.32 Å². The molecule has 0 radical (unpaired) electrons. The van der Waals surface area contributed by atoms with Crippen LogP contribution in [0.25, 0.3) is 0 Å². The van der Waals surface area contributed by atoms with E-state index in [4.69, 9.17) is 0 Å². The van der Waals surface area contributed by atoms with Crippen molar-refractivity contribution in [2.24, 2.45) is 0 Å². The molecular weight excluding hydrogens is 244 g/mol. The van der Waals surface area contributed by atoms with Gasteiger partial charge >= 0.3 is 6.03 Å². The van der Waals surface area contributed by atoms with Gasteiger partial charge in [0.1, 0.15) is 0 Å². The van der Waals surface area contributed by atoms with E-state index >= 15 is 0 Å². The Morgan fingerprint density at radius 2 is 2.42 bits per heavy atom. The van der Waals surface area contributed by atoms with E-state index in [1.807, 2.05) is 0 Å². The molecule has 1 aliphatic rings. The summed E-state index contributed by atoms with van der Waals surface area (Å²) in [5.41, 5.74) is 0. The zero-order valence-corrected chi connectivity index (χ0v) is 8.35. The molecule has 2 heterocycles. The summed E-state index contributed by atoms with van der Waals surface area (Å²) in [5, 5.41) is 10.9. The highest BCUT2D eigenvalue weighted by atomic mass is 79.9. The van der Waals surface area contributed by atoms with E-state index in [9.17, 15) is 4.79 Å². The van der Waals surface area contributed by atoms with E-state index in [1.54, 1.807) is 4.90 Å².